The number of rotatable bonds is 3. The van der Waals surface area contributed by atoms with Crippen LogP contribution in [-0.2, 0) is 38.9 Å². The van der Waals surface area contributed by atoms with E-state index in [0.29, 0.717) is 0 Å². The average molecular weight is 556 g/mol. The standard InChI is InChI=1S/C21H18N2O.2C5H5.2Fe/c1-15(24)23-21(18-13-7-8-14-18)19(16-9-3-2-4-10-16)20(22-23)17-11-5-6-12-17;2*1-2-4-5-3-1;;/h2-14,19,21H,1H3;2*1-5H;;/q-2;2*-1;2*+2. The van der Waals surface area contributed by atoms with Crippen LogP contribution in [0.15, 0.2) is 145 Å². The molecule has 0 fully saturated rings. The Morgan fingerprint density at radius 1 is 0.750 bits per heavy atom. The van der Waals surface area contributed by atoms with Gasteiger partial charge in [0.2, 0.25) is 5.91 Å². The van der Waals surface area contributed by atoms with Crippen molar-refractivity contribution in [1.29, 1.82) is 0 Å². The number of carbonyl (C=O) groups excluding carboxylic acids is 1. The van der Waals surface area contributed by atoms with Gasteiger partial charge in [0.05, 0.1) is 0 Å². The zero-order valence-corrected chi connectivity index (χ0v) is 22.2. The first-order chi connectivity index (χ1) is 16.8. The molecule has 1 aliphatic rings. The van der Waals surface area contributed by atoms with E-state index in [4.69, 9.17) is 5.10 Å². The van der Waals surface area contributed by atoms with Crippen molar-refractivity contribution in [1.82, 2.24) is 5.01 Å². The third kappa shape index (κ3) is 7.40. The molecule has 0 saturated carbocycles. The van der Waals surface area contributed by atoms with Crippen LogP contribution in [0.5, 0.6) is 0 Å². The van der Waals surface area contributed by atoms with Crippen LogP contribution in [-0.4, -0.2) is 16.6 Å². The molecule has 6 rings (SSSR count). The number of benzene rings is 1. The maximum atomic E-state index is 12.3. The van der Waals surface area contributed by atoms with Crippen molar-refractivity contribution in [3.63, 3.8) is 0 Å². The van der Waals surface area contributed by atoms with Crippen LogP contribution in [0.4, 0.5) is 0 Å². The molecule has 1 amide bonds. The van der Waals surface area contributed by atoms with Gasteiger partial charge >= 0.3 is 34.1 Å². The molecular formula is C31H28Fe2N2O. The molecule has 0 bridgehead atoms. The second-order valence-corrected chi connectivity index (χ2v) is 8.00. The van der Waals surface area contributed by atoms with E-state index in [1.165, 1.54) is 5.56 Å². The fourth-order valence-electron chi connectivity index (χ4n) is 4.14. The number of hydrazone groups is 1. The van der Waals surface area contributed by atoms with Crippen LogP contribution in [0.2, 0.25) is 0 Å². The smallest absolute Gasteiger partial charge is 0.273 e. The Morgan fingerprint density at radius 2 is 1.25 bits per heavy atom. The molecule has 2 unspecified atom stereocenters. The van der Waals surface area contributed by atoms with E-state index in [1.54, 1.807) is 11.9 Å². The number of hydrogen-bond donors (Lipinski definition) is 0. The Kier molecular flexibility index (Phi) is 12.1. The summed E-state index contributed by atoms with van der Waals surface area (Å²) in [6.45, 7) is 1.58. The van der Waals surface area contributed by atoms with Gasteiger partial charge in [0.1, 0.15) is 0 Å². The summed E-state index contributed by atoms with van der Waals surface area (Å²) in [7, 11) is 0. The molecule has 0 spiro atoms. The van der Waals surface area contributed by atoms with E-state index in [-0.39, 0.29) is 52.0 Å². The number of nitrogens with zero attached hydrogens (tertiary/aromatic N) is 2. The SMILES string of the molecule is CC(=O)N1N=C([c-]2cccc2)C(c2ccccc2)C1[c-]1cccc1.[Fe+2].[Fe+2].c1cc[cH-]c1.c1cc[cH-]c1. The van der Waals surface area contributed by atoms with Crippen molar-refractivity contribution < 1.29 is 38.9 Å². The Balaban J connectivity index is 0.000000317. The average Bonchev–Trinajstić information content (AvgIpc) is 3.71. The predicted octanol–water partition coefficient (Wildman–Crippen LogP) is 7.02. The summed E-state index contributed by atoms with van der Waals surface area (Å²) in [5.41, 5.74) is 4.31. The van der Waals surface area contributed by atoms with Gasteiger partial charge in [-0.15, -0.1) is 11.1 Å². The maximum Gasteiger partial charge on any atom is 2.00 e. The maximum absolute atomic E-state index is 12.3. The summed E-state index contributed by atoms with van der Waals surface area (Å²) < 4.78 is 0. The van der Waals surface area contributed by atoms with E-state index in [0.717, 1.165) is 16.8 Å². The van der Waals surface area contributed by atoms with Gasteiger partial charge in [-0.1, -0.05) is 30.3 Å². The van der Waals surface area contributed by atoms with Gasteiger partial charge in [0.25, 0.3) is 0 Å². The molecule has 5 aromatic carbocycles. The molecule has 0 aromatic heterocycles. The van der Waals surface area contributed by atoms with Crippen LogP contribution < -0.4 is 0 Å². The van der Waals surface area contributed by atoms with E-state index in [9.17, 15) is 4.79 Å². The van der Waals surface area contributed by atoms with Gasteiger partial charge < -0.3 is 0 Å². The van der Waals surface area contributed by atoms with Crippen LogP contribution in [0.25, 0.3) is 0 Å². The number of hydrogen-bond acceptors (Lipinski definition) is 2. The normalized spacial score (nSPS) is 15.7. The first-order valence-electron chi connectivity index (χ1n) is 11.5. The van der Waals surface area contributed by atoms with Gasteiger partial charge in [0.15, 0.2) is 0 Å². The molecule has 5 heteroatoms. The minimum absolute atomic E-state index is 0. The van der Waals surface area contributed by atoms with Gasteiger partial charge in [-0.3, -0.25) is 4.79 Å². The molecule has 2 atom stereocenters. The number of amides is 1. The van der Waals surface area contributed by atoms with Crippen LogP contribution in [0, 0.1) is 0 Å². The Labute approximate surface area is 234 Å². The van der Waals surface area contributed by atoms with Crippen LogP contribution in [0.1, 0.15) is 35.6 Å². The summed E-state index contributed by atoms with van der Waals surface area (Å²) in [6.07, 6.45) is 0. The minimum Gasteiger partial charge on any atom is -0.273 e. The Morgan fingerprint density at radius 3 is 1.69 bits per heavy atom. The third-order valence-electron chi connectivity index (χ3n) is 5.67. The third-order valence-corrected chi connectivity index (χ3v) is 5.67. The summed E-state index contributed by atoms with van der Waals surface area (Å²) in [5.74, 6) is -0.0106. The van der Waals surface area contributed by atoms with Crippen molar-refractivity contribution in [3.8, 4) is 0 Å². The summed E-state index contributed by atoms with van der Waals surface area (Å²) in [5, 5.41) is 6.36. The van der Waals surface area contributed by atoms with Gasteiger partial charge in [-0.25, -0.2) is 53.5 Å². The summed E-state index contributed by atoms with van der Waals surface area (Å²) in [6, 6.07) is 46.5. The zero-order chi connectivity index (χ0) is 23.6. The molecular weight excluding hydrogens is 528 g/mol. The molecule has 0 saturated heterocycles. The topological polar surface area (TPSA) is 32.7 Å². The minimum atomic E-state index is -0.107. The van der Waals surface area contributed by atoms with E-state index >= 15 is 0 Å². The first kappa shape index (κ1) is 29.0. The van der Waals surface area contributed by atoms with Crippen molar-refractivity contribution in [2.24, 2.45) is 5.10 Å². The second-order valence-electron chi connectivity index (χ2n) is 8.00. The zero-order valence-electron chi connectivity index (χ0n) is 19.9. The quantitative estimate of drug-likeness (QED) is 0.174. The van der Waals surface area contributed by atoms with E-state index in [2.05, 4.69) is 36.4 Å². The monoisotopic (exact) mass is 556 g/mol. The molecule has 1 aliphatic heterocycles. The number of carbonyl (C=O) groups is 1. The van der Waals surface area contributed by atoms with Crippen molar-refractivity contribution >= 4 is 11.6 Å². The van der Waals surface area contributed by atoms with Crippen LogP contribution >= 0.6 is 0 Å². The van der Waals surface area contributed by atoms with Gasteiger partial charge in [-0.05, 0) is 5.56 Å². The molecule has 5 aromatic rings. The van der Waals surface area contributed by atoms with Gasteiger partial charge in [-0.2, -0.15) is 65.8 Å². The van der Waals surface area contributed by atoms with Gasteiger partial charge in [0, 0.05) is 24.6 Å². The van der Waals surface area contributed by atoms with Crippen LogP contribution in [0.3, 0.4) is 0 Å². The predicted molar refractivity (Wildman–Crippen MR) is 139 cm³/mol. The molecule has 0 N–H and O–H groups in total. The summed E-state index contributed by atoms with van der Waals surface area (Å²) in [4.78, 5) is 12.3. The Hall–Kier alpha value is -3.20. The van der Waals surface area contributed by atoms with E-state index < -0.39 is 0 Å². The molecule has 0 aliphatic carbocycles. The second kappa shape index (κ2) is 15.0. The summed E-state index contributed by atoms with van der Waals surface area (Å²) >= 11 is 0. The fraction of sp³-hybridized carbons (Fsp3) is 0.0968. The largest absolute Gasteiger partial charge is 2.00 e. The molecule has 184 valence electrons. The Bertz CT molecular complexity index is 1160. The van der Waals surface area contributed by atoms with Crippen molar-refractivity contribution in [3.05, 3.63) is 156 Å². The fourth-order valence-corrected chi connectivity index (χ4v) is 4.14. The molecule has 1 heterocycles. The molecule has 36 heavy (non-hydrogen) atoms. The van der Waals surface area contributed by atoms with E-state index in [1.807, 2.05) is 103 Å². The molecule has 0 radical (unpaired) electrons. The first-order valence-corrected chi connectivity index (χ1v) is 11.5. The van der Waals surface area contributed by atoms with Crippen molar-refractivity contribution in [2.75, 3.05) is 0 Å². The van der Waals surface area contributed by atoms with Crippen molar-refractivity contribution in [2.45, 2.75) is 18.9 Å². The molecule has 3 nitrogen and oxygen atoms in total.